The molecule has 0 atom stereocenters. The number of H-pyrrole nitrogens is 1. The summed E-state index contributed by atoms with van der Waals surface area (Å²) in [6.45, 7) is 0. The fourth-order valence-corrected chi connectivity index (χ4v) is 3.03. The number of hydrogen-bond donors (Lipinski definition) is 2. The van der Waals surface area contributed by atoms with Crippen molar-refractivity contribution in [2.45, 2.75) is 6.29 Å². The molecule has 1 aromatic carbocycles. The molecule has 0 saturated carbocycles. The normalized spacial score (nSPS) is 15.1. The summed E-state index contributed by atoms with van der Waals surface area (Å²) in [5.74, 6) is -0.509. The topological polar surface area (TPSA) is 89.1 Å². The van der Waals surface area contributed by atoms with Gasteiger partial charge in [-0.1, -0.05) is 0 Å². The molecule has 3 heterocycles. The number of alkyl halides is 2. The maximum Gasteiger partial charge on any atom is 0.586 e. The standard InChI is InChI=1S/C12H5BrF2N4O3S/c13-10-16-6(3-23-10)9(20)19-11-17-4-1-7-8(2-5(4)18-11)22-12(14,15)21-7/h1-3H,(H2,17,18,19,20). The minimum absolute atomic E-state index is 0.104. The zero-order valence-corrected chi connectivity index (χ0v) is 13.3. The molecule has 11 heteroatoms. The quantitative estimate of drug-likeness (QED) is 0.685. The first-order chi connectivity index (χ1) is 10.9. The SMILES string of the molecule is O=C(Nc1nc2cc3c(cc2[nH]1)OC(F)(F)O3)c1csc(Br)n1. The number of aromatic nitrogens is 3. The highest BCUT2D eigenvalue weighted by Crippen LogP contribution is 2.42. The molecule has 0 saturated heterocycles. The molecule has 0 radical (unpaired) electrons. The molecule has 1 aliphatic rings. The third-order valence-electron chi connectivity index (χ3n) is 2.95. The highest BCUT2D eigenvalue weighted by Gasteiger charge is 2.43. The van der Waals surface area contributed by atoms with Gasteiger partial charge in [-0.25, -0.2) is 9.97 Å². The lowest BCUT2D eigenvalue weighted by Crippen LogP contribution is -2.25. The van der Waals surface area contributed by atoms with Crippen LogP contribution in [0, 0.1) is 0 Å². The van der Waals surface area contributed by atoms with Crippen molar-refractivity contribution >= 4 is 50.2 Å². The molecular formula is C12H5BrF2N4O3S. The number of carbonyl (C=O) groups excluding carboxylic acids is 1. The number of halogens is 3. The Morgan fingerprint density at radius 1 is 1.30 bits per heavy atom. The second-order valence-electron chi connectivity index (χ2n) is 4.51. The summed E-state index contributed by atoms with van der Waals surface area (Å²) in [6.07, 6.45) is -3.68. The number of ether oxygens (including phenoxy) is 2. The molecule has 4 rings (SSSR count). The number of benzene rings is 1. The summed E-state index contributed by atoms with van der Waals surface area (Å²) in [5.41, 5.74) is 0.996. The summed E-state index contributed by atoms with van der Waals surface area (Å²) in [7, 11) is 0. The highest BCUT2D eigenvalue weighted by atomic mass is 79.9. The Morgan fingerprint density at radius 3 is 2.74 bits per heavy atom. The summed E-state index contributed by atoms with van der Waals surface area (Å²) in [4.78, 5) is 22.9. The van der Waals surface area contributed by atoms with Gasteiger partial charge in [0.15, 0.2) is 15.4 Å². The van der Waals surface area contributed by atoms with Crippen molar-refractivity contribution in [1.82, 2.24) is 15.0 Å². The van der Waals surface area contributed by atoms with Gasteiger partial charge in [-0.2, -0.15) is 0 Å². The van der Waals surface area contributed by atoms with Crippen LogP contribution in [0.15, 0.2) is 21.4 Å². The zero-order valence-electron chi connectivity index (χ0n) is 10.9. The fraction of sp³-hybridized carbons (Fsp3) is 0.0833. The molecule has 7 nitrogen and oxygen atoms in total. The van der Waals surface area contributed by atoms with Crippen molar-refractivity contribution in [3.63, 3.8) is 0 Å². The van der Waals surface area contributed by atoms with Gasteiger partial charge < -0.3 is 14.5 Å². The van der Waals surface area contributed by atoms with Crippen molar-refractivity contribution < 1.29 is 23.0 Å². The van der Waals surface area contributed by atoms with E-state index in [0.717, 1.165) is 0 Å². The van der Waals surface area contributed by atoms with E-state index >= 15 is 0 Å². The van der Waals surface area contributed by atoms with E-state index in [2.05, 4.69) is 45.7 Å². The fourth-order valence-electron chi connectivity index (χ4n) is 2.04. The molecule has 118 valence electrons. The Hall–Kier alpha value is -2.27. The van der Waals surface area contributed by atoms with E-state index in [-0.39, 0.29) is 23.1 Å². The maximum atomic E-state index is 13.0. The monoisotopic (exact) mass is 402 g/mol. The number of aromatic amines is 1. The smallest absolute Gasteiger partial charge is 0.395 e. The number of amides is 1. The van der Waals surface area contributed by atoms with E-state index in [4.69, 9.17) is 0 Å². The van der Waals surface area contributed by atoms with Crippen LogP contribution in [0.5, 0.6) is 11.5 Å². The Kier molecular flexibility index (Phi) is 3.03. The molecule has 0 bridgehead atoms. The highest BCUT2D eigenvalue weighted by molar-refractivity contribution is 9.11. The van der Waals surface area contributed by atoms with E-state index in [1.54, 1.807) is 5.38 Å². The summed E-state index contributed by atoms with van der Waals surface area (Å²) >= 11 is 4.44. The second kappa shape index (κ2) is 4.86. The molecule has 2 aromatic heterocycles. The minimum atomic E-state index is -3.68. The largest absolute Gasteiger partial charge is 0.586 e. The van der Waals surface area contributed by atoms with Crippen molar-refractivity contribution in [2.24, 2.45) is 0 Å². The Morgan fingerprint density at radius 2 is 2.04 bits per heavy atom. The average molecular weight is 403 g/mol. The Balaban J connectivity index is 1.62. The number of carbonyl (C=O) groups is 1. The van der Waals surface area contributed by atoms with Gasteiger partial charge >= 0.3 is 6.29 Å². The van der Waals surface area contributed by atoms with E-state index in [1.165, 1.54) is 23.5 Å². The molecule has 3 aromatic rings. The van der Waals surface area contributed by atoms with Gasteiger partial charge in [0.05, 0.1) is 11.0 Å². The lowest BCUT2D eigenvalue weighted by atomic mass is 10.3. The van der Waals surface area contributed by atoms with Gasteiger partial charge in [-0.15, -0.1) is 20.1 Å². The van der Waals surface area contributed by atoms with Gasteiger partial charge in [0.2, 0.25) is 5.95 Å². The second-order valence-corrected chi connectivity index (χ2v) is 6.64. The molecule has 23 heavy (non-hydrogen) atoms. The van der Waals surface area contributed by atoms with Gasteiger partial charge in [-0.3, -0.25) is 10.1 Å². The summed E-state index contributed by atoms with van der Waals surface area (Å²) in [6, 6.07) is 2.63. The van der Waals surface area contributed by atoms with Crippen LogP contribution >= 0.6 is 27.3 Å². The number of rotatable bonds is 2. The maximum absolute atomic E-state index is 13.0. The molecule has 1 aliphatic heterocycles. The molecule has 0 aliphatic carbocycles. The number of fused-ring (bicyclic) bond motifs is 2. The predicted molar refractivity (Wildman–Crippen MR) is 80.1 cm³/mol. The van der Waals surface area contributed by atoms with E-state index in [9.17, 15) is 13.6 Å². The van der Waals surface area contributed by atoms with Crippen LogP contribution in [0.3, 0.4) is 0 Å². The molecule has 1 amide bonds. The van der Waals surface area contributed by atoms with Crippen molar-refractivity contribution in [1.29, 1.82) is 0 Å². The number of nitrogens with zero attached hydrogens (tertiary/aromatic N) is 2. The van der Waals surface area contributed by atoms with E-state index in [0.29, 0.717) is 15.0 Å². The van der Waals surface area contributed by atoms with E-state index < -0.39 is 12.2 Å². The summed E-state index contributed by atoms with van der Waals surface area (Å²) < 4.78 is 35.3. The van der Waals surface area contributed by atoms with Crippen LogP contribution in [0.2, 0.25) is 0 Å². The number of imidazole rings is 1. The third kappa shape index (κ3) is 2.61. The van der Waals surface area contributed by atoms with Crippen LogP contribution in [0.25, 0.3) is 11.0 Å². The van der Waals surface area contributed by atoms with Gasteiger partial charge in [-0.05, 0) is 15.9 Å². The Bertz CT molecular complexity index is 897. The molecule has 0 fully saturated rings. The number of nitrogens with one attached hydrogen (secondary N) is 2. The first kappa shape index (κ1) is 14.3. The molecular weight excluding hydrogens is 398 g/mol. The van der Waals surface area contributed by atoms with Crippen LogP contribution in [-0.4, -0.2) is 27.2 Å². The number of anilines is 1. The number of thiazole rings is 1. The van der Waals surface area contributed by atoms with Crippen LogP contribution in [0.1, 0.15) is 10.5 Å². The van der Waals surface area contributed by atoms with Crippen molar-refractivity contribution in [3.05, 3.63) is 27.1 Å². The number of hydrogen-bond acceptors (Lipinski definition) is 6. The van der Waals surface area contributed by atoms with Crippen LogP contribution < -0.4 is 14.8 Å². The molecule has 0 spiro atoms. The minimum Gasteiger partial charge on any atom is -0.395 e. The molecule has 2 N–H and O–H groups in total. The van der Waals surface area contributed by atoms with Crippen molar-refractivity contribution in [2.75, 3.05) is 5.32 Å². The first-order valence-corrected chi connectivity index (χ1v) is 7.79. The predicted octanol–water partition coefficient (Wildman–Crippen LogP) is 3.36. The van der Waals surface area contributed by atoms with E-state index in [1.807, 2.05) is 0 Å². The average Bonchev–Trinajstić information content (AvgIpc) is 3.10. The summed E-state index contributed by atoms with van der Waals surface area (Å²) in [5, 5.41) is 4.12. The lowest BCUT2D eigenvalue weighted by molar-refractivity contribution is -0.286. The first-order valence-electron chi connectivity index (χ1n) is 6.12. The van der Waals surface area contributed by atoms with Gasteiger partial charge in [0.1, 0.15) is 5.69 Å². The lowest BCUT2D eigenvalue weighted by Gasteiger charge is -2.04. The van der Waals surface area contributed by atoms with Crippen LogP contribution in [-0.2, 0) is 0 Å². The Labute approximate surface area is 138 Å². The third-order valence-corrected chi connectivity index (χ3v) is 4.31. The molecule has 0 unspecified atom stereocenters. The van der Waals surface area contributed by atoms with Gasteiger partial charge in [0, 0.05) is 17.5 Å². The zero-order chi connectivity index (χ0) is 16.2. The van der Waals surface area contributed by atoms with Crippen molar-refractivity contribution in [3.8, 4) is 11.5 Å². The van der Waals surface area contributed by atoms with Gasteiger partial charge in [0.25, 0.3) is 5.91 Å². The van der Waals surface area contributed by atoms with Crippen LogP contribution in [0.4, 0.5) is 14.7 Å².